The summed E-state index contributed by atoms with van der Waals surface area (Å²) in [6.45, 7) is 0. The minimum absolute atomic E-state index is 0.203. The van der Waals surface area contributed by atoms with E-state index in [0.29, 0.717) is 15.8 Å². The molecule has 0 radical (unpaired) electrons. The molecule has 0 bridgehead atoms. The summed E-state index contributed by atoms with van der Waals surface area (Å²) in [5.41, 5.74) is 1.25. The number of hydrogen-bond donors (Lipinski definition) is 0. The number of fused-ring (bicyclic) bond motifs is 1. The van der Waals surface area contributed by atoms with E-state index in [1.54, 1.807) is 6.07 Å². The van der Waals surface area contributed by atoms with Crippen LogP contribution in [0.4, 0.5) is 4.39 Å². The molecule has 0 fully saturated rings. The maximum Gasteiger partial charge on any atom is 0.150 e. The maximum absolute atomic E-state index is 13.7. The van der Waals surface area contributed by atoms with Crippen molar-refractivity contribution in [3.63, 3.8) is 0 Å². The highest BCUT2D eigenvalue weighted by Gasteiger charge is 2.11. The van der Waals surface area contributed by atoms with Gasteiger partial charge in [0.05, 0.1) is 16.1 Å². The van der Waals surface area contributed by atoms with Crippen molar-refractivity contribution in [1.82, 2.24) is 4.98 Å². The molecule has 2 rings (SSSR count). The van der Waals surface area contributed by atoms with Gasteiger partial charge in [-0.2, -0.15) is 0 Å². The lowest BCUT2D eigenvalue weighted by Crippen LogP contribution is -1.85. The van der Waals surface area contributed by atoms with Crippen LogP contribution in [0.3, 0.4) is 0 Å². The van der Waals surface area contributed by atoms with Gasteiger partial charge in [0.1, 0.15) is 5.82 Å². The van der Waals surface area contributed by atoms with Gasteiger partial charge in [0.25, 0.3) is 0 Å². The number of rotatable bonds is 2. The van der Waals surface area contributed by atoms with E-state index in [0.717, 1.165) is 4.34 Å². The molecule has 74 valence electrons. The maximum atomic E-state index is 13.7. The van der Waals surface area contributed by atoms with E-state index in [1.807, 2.05) is 12.3 Å². The molecule has 5 heteroatoms. The van der Waals surface area contributed by atoms with Crippen LogP contribution in [0.1, 0.15) is 5.56 Å². The lowest BCUT2D eigenvalue weighted by atomic mass is 10.2. The summed E-state index contributed by atoms with van der Waals surface area (Å²) in [6, 6.07) is 3.50. The number of nitrogens with zero attached hydrogens (tertiary/aromatic N) is 1. The molecule has 0 saturated carbocycles. The van der Waals surface area contributed by atoms with E-state index in [2.05, 4.69) is 4.98 Å². The molecule has 0 spiro atoms. The van der Waals surface area contributed by atoms with Crippen LogP contribution in [0.2, 0.25) is 0 Å². The van der Waals surface area contributed by atoms with Crippen LogP contribution in [0, 0.1) is 5.82 Å². The summed E-state index contributed by atoms with van der Waals surface area (Å²) in [7, 11) is 0. The molecular weight excluding hydrogens is 241 g/mol. The van der Waals surface area contributed by atoms with Gasteiger partial charge in [0, 0.05) is 5.56 Å². The van der Waals surface area contributed by atoms with E-state index in [9.17, 15) is 4.39 Å². The van der Waals surface area contributed by atoms with Crippen LogP contribution in [0.25, 0.3) is 10.2 Å². The Kier molecular flexibility index (Phi) is 2.95. The highest BCUT2D eigenvalue weighted by atomic mass is 35.5. The second-order valence-corrected chi connectivity index (χ2v) is 5.02. The largest absolute Gasteiger partial charge is 0.230 e. The number of hydrogen-bond acceptors (Lipinski definition) is 3. The third-order valence-electron chi connectivity index (χ3n) is 1.88. The highest BCUT2D eigenvalue weighted by molar-refractivity contribution is 8.00. The smallest absolute Gasteiger partial charge is 0.150 e. The van der Waals surface area contributed by atoms with Gasteiger partial charge >= 0.3 is 0 Å². The monoisotopic (exact) mass is 247 g/mol. The average molecular weight is 248 g/mol. The summed E-state index contributed by atoms with van der Waals surface area (Å²) < 4.78 is 15.2. The Balaban J connectivity index is 2.68. The number of thioether (sulfide) groups is 1. The molecule has 0 unspecified atom stereocenters. The molecule has 1 aromatic carbocycles. The van der Waals surface area contributed by atoms with Crippen molar-refractivity contribution in [3.8, 4) is 0 Å². The summed E-state index contributed by atoms with van der Waals surface area (Å²) in [5.74, 6) is -0.0239. The molecule has 1 heterocycles. The Morgan fingerprint density at radius 3 is 3.00 bits per heavy atom. The third-order valence-corrected chi connectivity index (χ3v) is 4.21. The van der Waals surface area contributed by atoms with Gasteiger partial charge in [0.2, 0.25) is 0 Å². The fraction of sp³-hybridized carbons (Fsp3) is 0.222. The quantitative estimate of drug-likeness (QED) is 0.590. The topological polar surface area (TPSA) is 12.9 Å². The lowest BCUT2D eigenvalue weighted by molar-refractivity contribution is 0.631. The lowest BCUT2D eigenvalue weighted by Gasteiger charge is -1.97. The normalized spacial score (nSPS) is 11.1. The Bertz CT molecular complexity index is 469. The zero-order valence-corrected chi connectivity index (χ0v) is 9.77. The fourth-order valence-electron chi connectivity index (χ4n) is 1.17. The summed E-state index contributed by atoms with van der Waals surface area (Å²) in [5, 5.41) is 0. The standard InChI is InChI=1S/C9H7ClFNS2/c1-13-9-12-6-3-2-5(4-10)7(11)8(6)14-9/h2-3H,4H2,1H3. The zero-order valence-electron chi connectivity index (χ0n) is 7.38. The van der Waals surface area contributed by atoms with Crippen molar-refractivity contribution < 1.29 is 4.39 Å². The van der Waals surface area contributed by atoms with Crippen LogP contribution in [-0.2, 0) is 5.88 Å². The number of alkyl halides is 1. The molecule has 0 N–H and O–H groups in total. The number of aromatic nitrogens is 1. The van der Waals surface area contributed by atoms with Gasteiger partial charge in [-0.15, -0.1) is 22.9 Å². The van der Waals surface area contributed by atoms with E-state index >= 15 is 0 Å². The number of halogens is 2. The molecule has 0 aliphatic carbocycles. The molecule has 0 saturated heterocycles. The fourth-order valence-corrected chi connectivity index (χ4v) is 2.91. The number of thiazole rings is 1. The first-order valence-corrected chi connectivity index (χ1v) is 6.51. The van der Waals surface area contributed by atoms with Gasteiger partial charge in [-0.05, 0) is 12.3 Å². The Hall–Kier alpha value is -0.320. The van der Waals surface area contributed by atoms with Crippen molar-refractivity contribution in [1.29, 1.82) is 0 Å². The summed E-state index contributed by atoms with van der Waals surface area (Å²) in [4.78, 5) is 4.27. The van der Waals surface area contributed by atoms with Crippen LogP contribution < -0.4 is 0 Å². The zero-order chi connectivity index (χ0) is 10.1. The summed E-state index contributed by atoms with van der Waals surface area (Å²) >= 11 is 8.51. The van der Waals surface area contributed by atoms with Crippen molar-refractivity contribution in [2.24, 2.45) is 0 Å². The van der Waals surface area contributed by atoms with E-state index in [1.165, 1.54) is 23.1 Å². The molecular formula is C9H7ClFNS2. The first-order chi connectivity index (χ1) is 6.76. The molecule has 0 aliphatic rings. The highest BCUT2D eigenvalue weighted by Crippen LogP contribution is 2.31. The Morgan fingerprint density at radius 2 is 2.36 bits per heavy atom. The third kappa shape index (κ3) is 1.62. The van der Waals surface area contributed by atoms with Gasteiger partial charge < -0.3 is 0 Å². The van der Waals surface area contributed by atoms with Crippen LogP contribution in [0.15, 0.2) is 16.5 Å². The van der Waals surface area contributed by atoms with Gasteiger partial charge in [-0.1, -0.05) is 17.8 Å². The Labute approximate surface area is 94.3 Å². The molecule has 0 aliphatic heterocycles. The molecule has 2 aromatic rings. The second kappa shape index (κ2) is 4.04. The predicted octanol–water partition coefficient (Wildman–Crippen LogP) is 3.90. The first kappa shape index (κ1) is 10.2. The minimum atomic E-state index is -0.227. The second-order valence-electron chi connectivity index (χ2n) is 2.70. The van der Waals surface area contributed by atoms with E-state index in [4.69, 9.17) is 11.6 Å². The van der Waals surface area contributed by atoms with Crippen molar-refractivity contribution in [3.05, 3.63) is 23.5 Å². The van der Waals surface area contributed by atoms with E-state index in [-0.39, 0.29) is 11.7 Å². The van der Waals surface area contributed by atoms with Crippen LogP contribution in [-0.4, -0.2) is 11.2 Å². The Morgan fingerprint density at radius 1 is 1.57 bits per heavy atom. The van der Waals surface area contributed by atoms with Gasteiger partial charge in [0.15, 0.2) is 4.34 Å². The number of benzene rings is 1. The molecule has 1 nitrogen and oxygen atoms in total. The molecule has 1 aromatic heterocycles. The predicted molar refractivity (Wildman–Crippen MR) is 60.9 cm³/mol. The van der Waals surface area contributed by atoms with Crippen LogP contribution >= 0.6 is 34.7 Å². The van der Waals surface area contributed by atoms with E-state index < -0.39 is 0 Å². The van der Waals surface area contributed by atoms with Gasteiger partial charge in [-0.25, -0.2) is 9.37 Å². The summed E-state index contributed by atoms with van der Waals surface area (Å²) in [6.07, 6.45) is 1.93. The SMILES string of the molecule is CSc1nc2ccc(CCl)c(F)c2s1. The first-order valence-electron chi connectivity index (χ1n) is 3.94. The molecule has 14 heavy (non-hydrogen) atoms. The molecule has 0 atom stereocenters. The average Bonchev–Trinajstić information content (AvgIpc) is 2.62. The van der Waals surface area contributed by atoms with Gasteiger partial charge in [-0.3, -0.25) is 0 Å². The van der Waals surface area contributed by atoms with Crippen molar-refractivity contribution in [2.45, 2.75) is 10.2 Å². The van der Waals surface area contributed by atoms with Crippen molar-refractivity contribution >= 4 is 44.9 Å². The van der Waals surface area contributed by atoms with Crippen molar-refractivity contribution in [2.75, 3.05) is 6.26 Å². The van der Waals surface area contributed by atoms with Crippen LogP contribution in [0.5, 0.6) is 0 Å². The minimum Gasteiger partial charge on any atom is -0.230 e. The molecule has 0 amide bonds.